The monoisotopic (exact) mass is 382 g/mol. The van der Waals surface area contributed by atoms with Crippen LogP contribution in [0.3, 0.4) is 0 Å². The molecule has 5 rings (SSSR count). The highest BCUT2D eigenvalue weighted by Crippen LogP contribution is 2.30. The second-order valence-corrected chi connectivity index (χ2v) is 7.19. The van der Waals surface area contributed by atoms with Gasteiger partial charge in [0.15, 0.2) is 0 Å². The molecule has 0 aliphatic heterocycles. The number of fused-ring (bicyclic) bond motifs is 3. The molecule has 0 saturated carbocycles. The van der Waals surface area contributed by atoms with Crippen molar-refractivity contribution in [2.24, 2.45) is 0 Å². The summed E-state index contributed by atoms with van der Waals surface area (Å²) in [7, 11) is 0. The van der Waals surface area contributed by atoms with Crippen molar-refractivity contribution < 1.29 is 13.9 Å². The zero-order valence-corrected chi connectivity index (χ0v) is 15.7. The molecule has 4 aromatic rings. The van der Waals surface area contributed by atoms with Crippen LogP contribution in [0.15, 0.2) is 82.0 Å². The minimum atomic E-state index is -0.451. The average molecular weight is 382 g/mol. The van der Waals surface area contributed by atoms with Gasteiger partial charge in [0.1, 0.15) is 11.3 Å². The first-order valence-corrected chi connectivity index (χ1v) is 9.65. The van der Waals surface area contributed by atoms with Crippen molar-refractivity contribution in [3.63, 3.8) is 0 Å². The van der Waals surface area contributed by atoms with Crippen LogP contribution in [0.25, 0.3) is 22.1 Å². The molecule has 4 heteroatoms. The first kappa shape index (κ1) is 17.4. The van der Waals surface area contributed by atoms with Crippen LogP contribution < -0.4 is 10.4 Å². The Labute approximate surface area is 167 Å². The van der Waals surface area contributed by atoms with Gasteiger partial charge in [0.25, 0.3) is 0 Å². The number of benzene rings is 3. The number of carbonyl (C=O) groups is 1. The van der Waals surface area contributed by atoms with Crippen LogP contribution in [0.4, 0.5) is 0 Å². The molecule has 0 fully saturated rings. The lowest BCUT2D eigenvalue weighted by molar-refractivity contribution is 0.0735. The van der Waals surface area contributed by atoms with Crippen LogP contribution >= 0.6 is 0 Å². The van der Waals surface area contributed by atoms with Gasteiger partial charge in [0.2, 0.25) is 0 Å². The third kappa shape index (κ3) is 3.23. The Bertz CT molecular complexity index is 1270. The van der Waals surface area contributed by atoms with E-state index in [4.69, 9.17) is 9.15 Å². The summed E-state index contributed by atoms with van der Waals surface area (Å²) in [6.45, 7) is 0. The quantitative estimate of drug-likeness (QED) is 0.279. The molecule has 1 aliphatic carbocycles. The highest BCUT2D eigenvalue weighted by Gasteiger charge is 2.20. The van der Waals surface area contributed by atoms with Crippen LogP contribution in [0.1, 0.15) is 27.9 Å². The van der Waals surface area contributed by atoms with E-state index in [-0.39, 0.29) is 5.63 Å². The van der Waals surface area contributed by atoms with E-state index < -0.39 is 5.97 Å². The van der Waals surface area contributed by atoms with Gasteiger partial charge < -0.3 is 9.15 Å². The molecular formula is C25H18O4. The van der Waals surface area contributed by atoms with E-state index in [1.54, 1.807) is 24.3 Å². The molecule has 0 atom stereocenters. The maximum atomic E-state index is 12.5. The maximum Gasteiger partial charge on any atom is 0.343 e. The van der Waals surface area contributed by atoms with E-state index in [1.165, 1.54) is 0 Å². The number of carbonyl (C=O) groups excluding carboxylic acids is 1. The normalized spacial score (nSPS) is 12.7. The molecule has 4 nitrogen and oxygen atoms in total. The van der Waals surface area contributed by atoms with Gasteiger partial charge in [0, 0.05) is 17.0 Å². The minimum absolute atomic E-state index is 0.287. The first-order valence-electron chi connectivity index (χ1n) is 9.65. The molecule has 1 aromatic heterocycles. The molecular weight excluding hydrogens is 364 g/mol. The Morgan fingerprint density at radius 1 is 0.828 bits per heavy atom. The highest BCUT2D eigenvalue weighted by atomic mass is 16.5. The predicted molar refractivity (Wildman–Crippen MR) is 111 cm³/mol. The second-order valence-electron chi connectivity index (χ2n) is 7.19. The topological polar surface area (TPSA) is 56.5 Å². The lowest BCUT2D eigenvalue weighted by Gasteiger charge is -2.08. The summed E-state index contributed by atoms with van der Waals surface area (Å²) < 4.78 is 11.0. The van der Waals surface area contributed by atoms with E-state index in [2.05, 4.69) is 0 Å². The third-order valence-corrected chi connectivity index (χ3v) is 5.38. The highest BCUT2D eigenvalue weighted by molar-refractivity contribution is 5.92. The molecule has 29 heavy (non-hydrogen) atoms. The van der Waals surface area contributed by atoms with Crippen molar-refractivity contribution in [1.29, 1.82) is 0 Å². The van der Waals surface area contributed by atoms with E-state index in [9.17, 15) is 9.59 Å². The first-order chi connectivity index (χ1) is 14.2. The summed E-state index contributed by atoms with van der Waals surface area (Å²) in [4.78, 5) is 24.7. The van der Waals surface area contributed by atoms with Gasteiger partial charge in [-0.2, -0.15) is 0 Å². The Morgan fingerprint density at radius 3 is 2.34 bits per heavy atom. The number of aryl methyl sites for hydroxylation is 1. The van der Waals surface area contributed by atoms with Crippen molar-refractivity contribution >= 4 is 16.9 Å². The van der Waals surface area contributed by atoms with Crippen molar-refractivity contribution in [1.82, 2.24) is 0 Å². The number of hydrogen-bond acceptors (Lipinski definition) is 4. The number of ether oxygens (including phenoxy) is 1. The van der Waals surface area contributed by atoms with Gasteiger partial charge in [-0.1, -0.05) is 42.5 Å². The smallest absolute Gasteiger partial charge is 0.343 e. The summed E-state index contributed by atoms with van der Waals surface area (Å²) in [5.41, 5.74) is 4.59. The Balaban J connectivity index is 1.40. The SMILES string of the molecule is O=C(Oc1ccc2c3c(c(=O)oc2c1)CCC3)c1ccc(-c2ccccc2)cc1. The van der Waals surface area contributed by atoms with Crippen molar-refractivity contribution in [2.75, 3.05) is 0 Å². The summed E-state index contributed by atoms with van der Waals surface area (Å²) in [5.74, 6) is -0.0943. The predicted octanol–water partition coefficient (Wildman–Crippen LogP) is 5.17. The van der Waals surface area contributed by atoms with Crippen LogP contribution in [-0.2, 0) is 12.8 Å². The summed E-state index contributed by atoms with van der Waals surface area (Å²) >= 11 is 0. The zero-order valence-electron chi connectivity index (χ0n) is 15.7. The van der Waals surface area contributed by atoms with Crippen LogP contribution in [-0.4, -0.2) is 5.97 Å². The van der Waals surface area contributed by atoms with Crippen molar-refractivity contribution in [3.05, 3.63) is 99.9 Å². The molecule has 142 valence electrons. The average Bonchev–Trinajstić information content (AvgIpc) is 3.25. The lowest BCUT2D eigenvalue weighted by Crippen LogP contribution is -2.09. The standard InChI is InChI=1S/C25H18O4/c26-24(18-11-9-17(10-12-18)16-5-2-1-3-6-16)28-19-13-14-21-20-7-4-8-22(20)25(27)29-23(21)15-19/h1-3,5-6,9-15H,4,7-8H2. The van der Waals surface area contributed by atoms with Crippen molar-refractivity contribution in [3.8, 4) is 16.9 Å². The van der Waals surface area contributed by atoms with Gasteiger partial charge in [-0.05, 0) is 60.2 Å². The van der Waals surface area contributed by atoms with Crippen LogP contribution in [0.5, 0.6) is 5.75 Å². The van der Waals surface area contributed by atoms with E-state index in [0.717, 1.165) is 46.9 Å². The van der Waals surface area contributed by atoms with Gasteiger partial charge >= 0.3 is 11.6 Å². The molecule has 0 N–H and O–H groups in total. The van der Waals surface area contributed by atoms with Gasteiger partial charge in [0.05, 0.1) is 5.56 Å². The van der Waals surface area contributed by atoms with E-state index in [1.807, 2.05) is 48.5 Å². The molecule has 1 heterocycles. The second kappa shape index (κ2) is 7.06. The maximum absolute atomic E-state index is 12.5. The fraction of sp³-hybridized carbons (Fsp3) is 0.120. The molecule has 0 amide bonds. The zero-order chi connectivity index (χ0) is 19.8. The molecule has 0 unspecified atom stereocenters. The summed E-state index contributed by atoms with van der Waals surface area (Å²) in [6, 6.07) is 22.5. The van der Waals surface area contributed by atoms with E-state index >= 15 is 0 Å². The number of hydrogen-bond donors (Lipinski definition) is 0. The van der Waals surface area contributed by atoms with Gasteiger partial charge in [-0.15, -0.1) is 0 Å². The molecule has 0 spiro atoms. The Morgan fingerprint density at radius 2 is 1.55 bits per heavy atom. The summed E-state index contributed by atoms with van der Waals surface area (Å²) in [5, 5.41) is 0.920. The van der Waals surface area contributed by atoms with Crippen molar-refractivity contribution in [2.45, 2.75) is 19.3 Å². The fourth-order valence-corrected chi connectivity index (χ4v) is 3.92. The third-order valence-electron chi connectivity index (χ3n) is 5.38. The molecule has 1 aliphatic rings. The Hall–Kier alpha value is -3.66. The van der Waals surface area contributed by atoms with Crippen LogP contribution in [0.2, 0.25) is 0 Å². The van der Waals surface area contributed by atoms with Gasteiger partial charge in [-0.25, -0.2) is 9.59 Å². The molecule has 3 aromatic carbocycles. The Kier molecular flexibility index (Phi) is 4.24. The van der Waals surface area contributed by atoms with Crippen LogP contribution in [0, 0.1) is 0 Å². The fourth-order valence-electron chi connectivity index (χ4n) is 3.92. The van der Waals surface area contributed by atoms with E-state index in [0.29, 0.717) is 16.9 Å². The lowest BCUT2D eigenvalue weighted by atomic mass is 10.0. The molecule has 0 saturated heterocycles. The largest absolute Gasteiger partial charge is 0.423 e. The molecule has 0 radical (unpaired) electrons. The van der Waals surface area contributed by atoms with Gasteiger partial charge in [-0.3, -0.25) is 0 Å². The number of esters is 1. The summed E-state index contributed by atoms with van der Waals surface area (Å²) in [6.07, 6.45) is 2.61. The number of rotatable bonds is 3. The molecule has 0 bridgehead atoms. The minimum Gasteiger partial charge on any atom is -0.423 e.